The Morgan fingerprint density at radius 3 is 2.67 bits per heavy atom. The normalized spacial score (nSPS) is 10.4. The number of nitrogens with one attached hydrogen (secondary N) is 1. The number of hydrogen-bond donors (Lipinski definition) is 1. The van der Waals surface area contributed by atoms with Gasteiger partial charge in [0, 0.05) is 17.0 Å². The molecule has 24 heavy (non-hydrogen) atoms. The fourth-order valence-corrected chi connectivity index (χ4v) is 2.31. The summed E-state index contributed by atoms with van der Waals surface area (Å²) in [5.41, 5.74) is 1.42. The minimum Gasteiger partial charge on any atom is -0.482 e. The highest BCUT2D eigenvalue weighted by Gasteiger charge is 2.10. The second-order valence-corrected chi connectivity index (χ2v) is 5.89. The van der Waals surface area contributed by atoms with Gasteiger partial charge in [-0.2, -0.15) is 0 Å². The van der Waals surface area contributed by atoms with Crippen molar-refractivity contribution in [2.75, 3.05) is 5.32 Å². The minimum atomic E-state index is -0.165. The van der Waals surface area contributed by atoms with Crippen molar-refractivity contribution in [2.45, 2.75) is 13.5 Å². The Morgan fingerprint density at radius 2 is 1.92 bits per heavy atom. The molecule has 0 aliphatic carbocycles. The first kappa shape index (κ1) is 16.2. The molecular formula is C17H14BrN3O3. The molecule has 0 bridgehead atoms. The van der Waals surface area contributed by atoms with E-state index in [0.29, 0.717) is 23.2 Å². The Hall–Kier alpha value is -2.67. The molecule has 1 aromatic heterocycles. The molecule has 0 saturated carbocycles. The predicted octanol–water partition coefficient (Wildman–Crippen LogP) is 4.04. The second kappa shape index (κ2) is 7.27. The summed E-state index contributed by atoms with van der Waals surface area (Å²) in [6.45, 7) is 1.55. The number of para-hydroxylation sites is 2. The summed E-state index contributed by atoms with van der Waals surface area (Å²) in [5.74, 6) is 1.15. The van der Waals surface area contributed by atoms with Crippen molar-refractivity contribution < 1.29 is 13.9 Å². The number of carbonyl (C=O) groups is 1. The number of hydrogen-bond acceptors (Lipinski definition) is 5. The van der Waals surface area contributed by atoms with Crippen LogP contribution in [0.5, 0.6) is 5.75 Å². The van der Waals surface area contributed by atoms with Crippen LogP contribution in [0.1, 0.15) is 12.8 Å². The van der Waals surface area contributed by atoms with Crippen molar-refractivity contribution >= 4 is 27.5 Å². The zero-order chi connectivity index (χ0) is 16.9. The van der Waals surface area contributed by atoms with Gasteiger partial charge in [0.25, 0.3) is 5.89 Å². The maximum atomic E-state index is 11.2. The van der Waals surface area contributed by atoms with Crippen molar-refractivity contribution in [2.24, 2.45) is 0 Å². The molecule has 0 radical (unpaired) electrons. The Bertz CT molecular complexity index is 846. The Balaban J connectivity index is 1.70. The van der Waals surface area contributed by atoms with Crippen LogP contribution >= 0.6 is 15.9 Å². The molecular weight excluding hydrogens is 374 g/mol. The van der Waals surface area contributed by atoms with Crippen molar-refractivity contribution in [1.82, 2.24) is 10.2 Å². The van der Waals surface area contributed by atoms with E-state index in [1.807, 2.05) is 36.4 Å². The van der Waals surface area contributed by atoms with Gasteiger partial charge in [0.05, 0.1) is 5.69 Å². The molecule has 1 N–H and O–H groups in total. The van der Waals surface area contributed by atoms with Gasteiger partial charge < -0.3 is 14.5 Å². The molecule has 3 aromatic rings. The van der Waals surface area contributed by atoms with Crippen LogP contribution in [0.25, 0.3) is 11.5 Å². The van der Waals surface area contributed by atoms with E-state index in [9.17, 15) is 4.79 Å². The maximum Gasteiger partial charge on any atom is 0.254 e. The lowest BCUT2D eigenvalue weighted by Crippen LogP contribution is -2.07. The van der Waals surface area contributed by atoms with E-state index in [1.165, 1.54) is 6.92 Å². The van der Waals surface area contributed by atoms with E-state index in [1.54, 1.807) is 12.1 Å². The van der Waals surface area contributed by atoms with Crippen molar-refractivity contribution in [3.05, 3.63) is 58.9 Å². The molecule has 1 amide bonds. The number of carbonyl (C=O) groups excluding carboxylic acids is 1. The molecule has 0 saturated heterocycles. The zero-order valence-electron chi connectivity index (χ0n) is 12.8. The summed E-state index contributed by atoms with van der Waals surface area (Å²) in [6, 6.07) is 14.7. The lowest BCUT2D eigenvalue weighted by molar-refractivity contribution is -0.114. The Labute approximate surface area is 147 Å². The van der Waals surface area contributed by atoms with E-state index in [4.69, 9.17) is 9.15 Å². The molecule has 0 aliphatic heterocycles. The van der Waals surface area contributed by atoms with Crippen LogP contribution in [-0.4, -0.2) is 16.1 Å². The second-order valence-electron chi connectivity index (χ2n) is 4.97. The number of rotatable bonds is 5. The summed E-state index contributed by atoms with van der Waals surface area (Å²) in [7, 11) is 0. The van der Waals surface area contributed by atoms with Gasteiger partial charge in [0.2, 0.25) is 11.8 Å². The number of anilines is 1. The molecule has 0 spiro atoms. The summed E-state index contributed by atoms with van der Waals surface area (Å²) < 4.78 is 12.3. The van der Waals surface area contributed by atoms with E-state index in [-0.39, 0.29) is 12.5 Å². The van der Waals surface area contributed by atoms with Gasteiger partial charge in [-0.1, -0.05) is 28.1 Å². The van der Waals surface area contributed by atoms with E-state index >= 15 is 0 Å². The van der Waals surface area contributed by atoms with Crippen LogP contribution in [0.3, 0.4) is 0 Å². The highest BCUT2D eigenvalue weighted by atomic mass is 79.9. The van der Waals surface area contributed by atoms with Crippen molar-refractivity contribution in [3.63, 3.8) is 0 Å². The third-order valence-corrected chi connectivity index (χ3v) is 3.64. The number of amides is 1. The lowest BCUT2D eigenvalue weighted by Gasteiger charge is -2.09. The average Bonchev–Trinajstić information content (AvgIpc) is 3.03. The standard InChI is InChI=1S/C17H14BrN3O3/c1-11(22)19-14-4-2-3-5-15(14)23-10-16-20-21-17(24-16)12-6-8-13(18)9-7-12/h2-9H,10H2,1H3,(H,19,22). The minimum absolute atomic E-state index is 0.111. The first-order chi connectivity index (χ1) is 11.6. The third kappa shape index (κ3) is 3.99. The quantitative estimate of drug-likeness (QED) is 0.714. The van der Waals surface area contributed by atoms with Gasteiger partial charge in [-0.3, -0.25) is 4.79 Å². The van der Waals surface area contributed by atoms with Gasteiger partial charge in [0.15, 0.2) is 6.61 Å². The van der Waals surface area contributed by atoms with Crippen LogP contribution in [0.15, 0.2) is 57.4 Å². The monoisotopic (exact) mass is 387 g/mol. The topological polar surface area (TPSA) is 77.2 Å². The van der Waals surface area contributed by atoms with Crippen LogP contribution in [-0.2, 0) is 11.4 Å². The predicted molar refractivity (Wildman–Crippen MR) is 92.5 cm³/mol. The summed E-state index contributed by atoms with van der Waals surface area (Å²) in [4.78, 5) is 11.2. The number of aromatic nitrogens is 2. The van der Waals surface area contributed by atoms with Gasteiger partial charge in [0.1, 0.15) is 5.75 Å². The SMILES string of the molecule is CC(=O)Nc1ccccc1OCc1nnc(-c2ccc(Br)cc2)o1. The molecule has 1 heterocycles. The smallest absolute Gasteiger partial charge is 0.254 e. The van der Waals surface area contributed by atoms with Crippen LogP contribution in [0.2, 0.25) is 0 Å². The van der Waals surface area contributed by atoms with E-state index in [2.05, 4.69) is 31.4 Å². The maximum absolute atomic E-state index is 11.2. The zero-order valence-corrected chi connectivity index (χ0v) is 14.4. The molecule has 122 valence electrons. The van der Waals surface area contributed by atoms with Gasteiger partial charge >= 0.3 is 0 Å². The fraction of sp³-hybridized carbons (Fsp3) is 0.118. The Kier molecular flexibility index (Phi) is 4.90. The molecule has 0 unspecified atom stereocenters. The van der Waals surface area contributed by atoms with Gasteiger partial charge in [-0.25, -0.2) is 0 Å². The molecule has 0 fully saturated rings. The lowest BCUT2D eigenvalue weighted by atomic mass is 10.2. The molecule has 2 aromatic carbocycles. The largest absolute Gasteiger partial charge is 0.482 e. The van der Waals surface area contributed by atoms with Crippen molar-refractivity contribution in [3.8, 4) is 17.2 Å². The third-order valence-electron chi connectivity index (χ3n) is 3.11. The fourth-order valence-electron chi connectivity index (χ4n) is 2.05. The van der Waals surface area contributed by atoms with Crippen LogP contribution in [0, 0.1) is 0 Å². The molecule has 3 rings (SSSR count). The number of benzene rings is 2. The summed E-state index contributed by atoms with van der Waals surface area (Å²) in [5, 5.41) is 10.7. The molecule has 6 nitrogen and oxygen atoms in total. The van der Waals surface area contributed by atoms with Gasteiger partial charge in [-0.05, 0) is 36.4 Å². The molecule has 0 aliphatic rings. The first-order valence-corrected chi connectivity index (χ1v) is 7.99. The molecule has 0 atom stereocenters. The van der Waals surface area contributed by atoms with E-state index < -0.39 is 0 Å². The highest BCUT2D eigenvalue weighted by Crippen LogP contribution is 2.25. The highest BCUT2D eigenvalue weighted by molar-refractivity contribution is 9.10. The number of nitrogens with zero attached hydrogens (tertiary/aromatic N) is 2. The summed E-state index contributed by atoms with van der Waals surface area (Å²) >= 11 is 3.38. The molecule has 7 heteroatoms. The van der Waals surface area contributed by atoms with Crippen LogP contribution < -0.4 is 10.1 Å². The average molecular weight is 388 g/mol. The van der Waals surface area contributed by atoms with Crippen LogP contribution in [0.4, 0.5) is 5.69 Å². The first-order valence-electron chi connectivity index (χ1n) is 7.19. The van der Waals surface area contributed by atoms with Gasteiger partial charge in [-0.15, -0.1) is 10.2 Å². The van der Waals surface area contributed by atoms with Crippen molar-refractivity contribution in [1.29, 1.82) is 0 Å². The number of halogens is 1. The van der Waals surface area contributed by atoms with E-state index in [0.717, 1.165) is 10.0 Å². The number of ether oxygens (including phenoxy) is 1. The Morgan fingerprint density at radius 1 is 1.17 bits per heavy atom. The summed E-state index contributed by atoms with van der Waals surface area (Å²) in [6.07, 6.45) is 0.